The predicted molar refractivity (Wildman–Crippen MR) is 106 cm³/mol. The lowest BCUT2D eigenvalue weighted by molar-refractivity contribution is -0.114. The molecule has 162 valence electrons. The number of oxime groups is 1. The van der Waals surface area contributed by atoms with Gasteiger partial charge in [-0.1, -0.05) is 17.3 Å². The molecular weight excluding hydrogens is 437 g/mol. The summed E-state index contributed by atoms with van der Waals surface area (Å²) in [5.74, 6) is -0.0674. The Morgan fingerprint density at radius 2 is 1.94 bits per heavy atom. The number of carbonyl (C=O) groups is 1. The lowest BCUT2D eigenvalue weighted by atomic mass is 10.1. The summed E-state index contributed by atoms with van der Waals surface area (Å²) in [5.41, 5.74) is 0.626. The van der Waals surface area contributed by atoms with E-state index in [1.165, 1.54) is 31.3 Å². The fraction of sp³-hybridized carbons (Fsp3) is 0.158. The lowest BCUT2D eigenvalue weighted by Gasteiger charge is -2.10. The highest BCUT2D eigenvalue weighted by Gasteiger charge is 2.20. The molecule has 0 fully saturated rings. The summed E-state index contributed by atoms with van der Waals surface area (Å²) in [5, 5.41) is 6.06. The lowest BCUT2D eigenvalue weighted by Crippen LogP contribution is -2.29. The van der Waals surface area contributed by atoms with Crippen LogP contribution in [-0.4, -0.2) is 41.5 Å². The van der Waals surface area contributed by atoms with Crippen LogP contribution in [0, 0.1) is 0 Å². The van der Waals surface area contributed by atoms with Gasteiger partial charge in [-0.3, -0.25) is 4.79 Å². The number of hydrogen-bond donors (Lipinski definition) is 1. The maximum absolute atomic E-state index is 12.4. The molecule has 0 saturated carbocycles. The minimum Gasteiger partial charge on any atom is -0.435 e. The van der Waals surface area contributed by atoms with E-state index in [2.05, 4.69) is 29.4 Å². The maximum Gasteiger partial charge on any atom is 0.387 e. The molecule has 3 aromatic rings. The highest BCUT2D eigenvalue weighted by Crippen LogP contribution is 2.30. The molecule has 0 unspecified atom stereocenters. The molecular formula is C19H15F3N4O4S. The first-order valence-corrected chi connectivity index (χ1v) is 9.43. The molecule has 1 amide bonds. The van der Waals surface area contributed by atoms with Gasteiger partial charge in [0.15, 0.2) is 11.5 Å². The average molecular weight is 452 g/mol. The summed E-state index contributed by atoms with van der Waals surface area (Å²) in [4.78, 5) is 20.8. The van der Waals surface area contributed by atoms with Gasteiger partial charge in [0.05, 0.1) is 5.56 Å². The fourth-order valence-corrected chi connectivity index (χ4v) is 2.98. The summed E-state index contributed by atoms with van der Waals surface area (Å²) in [7, 11) is 1.39. The smallest absolute Gasteiger partial charge is 0.387 e. The van der Waals surface area contributed by atoms with E-state index in [1.807, 2.05) is 0 Å². The third-order valence-electron chi connectivity index (χ3n) is 3.73. The second-order valence-electron chi connectivity index (χ2n) is 5.64. The highest BCUT2D eigenvalue weighted by atomic mass is 32.1. The molecule has 0 aliphatic heterocycles. The maximum atomic E-state index is 12.4. The number of aromatic nitrogens is 2. The number of para-hydroxylation sites is 1. The summed E-state index contributed by atoms with van der Waals surface area (Å²) in [6, 6.07) is 12.2. The van der Waals surface area contributed by atoms with Crippen LogP contribution in [0.4, 0.5) is 13.2 Å². The first-order chi connectivity index (χ1) is 15.0. The average Bonchev–Trinajstić information content (AvgIpc) is 3.23. The highest BCUT2D eigenvalue weighted by molar-refractivity contribution is 7.07. The van der Waals surface area contributed by atoms with Gasteiger partial charge in [-0.25, -0.2) is 4.39 Å². The van der Waals surface area contributed by atoms with Crippen molar-refractivity contribution in [1.82, 2.24) is 14.7 Å². The number of amides is 1. The Morgan fingerprint density at radius 1 is 1.19 bits per heavy atom. The standard InChI is InChI=1S/C19H15F3N4O4S/c1-23-17(27)15(25-28-10-20)13-4-2-3-5-14(13)30-19-24-16(26-31-19)11-6-8-12(9-7-11)29-18(21)22/h2-9,18H,10H2,1H3,(H,23,27)/b25-15-. The molecule has 3 rings (SSSR count). The second-order valence-corrected chi connectivity index (χ2v) is 6.36. The Bertz CT molecular complexity index is 1060. The van der Waals surface area contributed by atoms with Crippen molar-refractivity contribution >= 4 is 23.2 Å². The Kier molecular flexibility index (Phi) is 7.38. The van der Waals surface area contributed by atoms with Gasteiger partial charge in [0.2, 0.25) is 0 Å². The van der Waals surface area contributed by atoms with E-state index in [4.69, 9.17) is 4.74 Å². The molecule has 8 nitrogen and oxygen atoms in total. The molecule has 0 saturated heterocycles. The monoisotopic (exact) mass is 452 g/mol. The molecule has 0 spiro atoms. The van der Waals surface area contributed by atoms with E-state index < -0.39 is 19.4 Å². The molecule has 1 aromatic heterocycles. The number of carbonyl (C=O) groups excluding carboxylic acids is 1. The van der Waals surface area contributed by atoms with Crippen molar-refractivity contribution in [2.24, 2.45) is 5.16 Å². The van der Waals surface area contributed by atoms with Gasteiger partial charge in [-0.15, -0.1) is 0 Å². The topological polar surface area (TPSA) is 94.9 Å². The number of halogens is 3. The van der Waals surface area contributed by atoms with Gasteiger partial charge in [0.25, 0.3) is 18.0 Å². The van der Waals surface area contributed by atoms with Crippen LogP contribution in [0.15, 0.2) is 53.7 Å². The van der Waals surface area contributed by atoms with E-state index >= 15 is 0 Å². The van der Waals surface area contributed by atoms with E-state index in [9.17, 15) is 18.0 Å². The van der Waals surface area contributed by atoms with Gasteiger partial charge in [-0.2, -0.15) is 18.1 Å². The Labute approximate surface area is 178 Å². The molecule has 0 bridgehead atoms. The van der Waals surface area contributed by atoms with Gasteiger partial charge in [0, 0.05) is 24.1 Å². The van der Waals surface area contributed by atoms with Gasteiger partial charge in [-0.05, 0) is 36.4 Å². The number of ether oxygens (including phenoxy) is 2. The van der Waals surface area contributed by atoms with Crippen LogP contribution >= 0.6 is 11.5 Å². The van der Waals surface area contributed by atoms with Gasteiger partial charge >= 0.3 is 6.61 Å². The fourth-order valence-electron chi connectivity index (χ4n) is 2.42. The molecule has 0 radical (unpaired) electrons. The van der Waals surface area contributed by atoms with Crippen molar-refractivity contribution < 1.29 is 32.3 Å². The minimum absolute atomic E-state index is 0.0101. The molecule has 0 atom stereocenters. The van der Waals surface area contributed by atoms with Crippen LogP contribution in [0.5, 0.6) is 16.7 Å². The number of nitrogens with zero attached hydrogens (tertiary/aromatic N) is 3. The third kappa shape index (κ3) is 5.69. The van der Waals surface area contributed by atoms with Crippen molar-refractivity contribution in [2.45, 2.75) is 6.61 Å². The van der Waals surface area contributed by atoms with Crippen molar-refractivity contribution in [3.05, 3.63) is 54.1 Å². The van der Waals surface area contributed by atoms with Gasteiger partial charge < -0.3 is 19.6 Å². The SMILES string of the molecule is CNC(=O)/C(=N\OCF)c1ccccc1Oc1nc(-c2ccc(OC(F)F)cc2)ns1. The third-order valence-corrected chi connectivity index (χ3v) is 4.33. The number of alkyl halides is 3. The minimum atomic E-state index is -2.91. The number of nitrogens with one attached hydrogen (secondary N) is 1. The molecule has 1 heterocycles. The van der Waals surface area contributed by atoms with Crippen LogP contribution in [-0.2, 0) is 9.63 Å². The largest absolute Gasteiger partial charge is 0.435 e. The van der Waals surface area contributed by atoms with Crippen molar-refractivity contribution in [3.8, 4) is 28.1 Å². The van der Waals surface area contributed by atoms with Crippen molar-refractivity contribution in [2.75, 3.05) is 13.9 Å². The Hall–Kier alpha value is -3.67. The van der Waals surface area contributed by atoms with Crippen LogP contribution in [0.3, 0.4) is 0 Å². The molecule has 2 aromatic carbocycles. The van der Waals surface area contributed by atoms with E-state index in [0.717, 1.165) is 11.5 Å². The number of likely N-dealkylation sites (N-methyl/N-ethyl adjacent to an activating group) is 1. The zero-order chi connectivity index (χ0) is 22.2. The number of hydrogen-bond acceptors (Lipinski definition) is 8. The van der Waals surface area contributed by atoms with E-state index in [1.54, 1.807) is 24.3 Å². The zero-order valence-corrected chi connectivity index (χ0v) is 16.7. The molecule has 0 aliphatic carbocycles. The Morgan fingerprint density at radius 3 is 2.61 bits per heavy atom. The summed E-state index contributed by atoms with van der Waals surface area (Å²) < 4.78 is 51.2. The molecule has 31 heavy (non-hydrogen) atoms. The predicted octanol–water partition coefficient (Wildman–Crippen LogP) is 3.99. The van der Waals surface area contributed by atoms with Crippen LogP contribution in [0.1, 0.15) is 5.56 Å². The van der Waals surface area contributed by atoms with Crippen LogP contribution in [0.25, 0.3) is 11.4 Å². The number of benzene rings is 2. The van der Waals surface area contributed by atoms with E-state index in [-0.39, 0.29) is 28.0 Å². The van der Waals surface area contributed by atoms with Crippen LogP contribution < -0.4 is 14.8 Å². The van der Waals surface area contributed by atoms with Crippen LogP contribution in [0.2, 0.25) is 0 Å². The summed E-state index contributed by atoms with van der Waals surface area (Å²) in [6.07, 6.45) is 0. The Balaban J connectivity index is 1.83. The normalized spacial score (nSPS) is 11.3. The first-order valence-electron chi connectivity index (χ1n) is 8.66. The quantitative estimate of drug-likeness (QED) is 0.390. The second kappa shape index (κ2) is 10.4. The molecule has 0 aliphatic rings. The van der Waals surface area contributed by atoms with E-state index in [0.29, 0.717) is 11.4 Å². The molecule has 12 heteroatoms. The molecule has 1 N–H and O–H groups in total. The zero-order valence-electron chi connectivity index (χ0n) is 15.9. The number of rotatable bonds is 9. The summed E-state index contributed by atoms with van der Waals surface area (Å²) >= 11 is 0.940. The van der Waals surface area contributed by atoms with Crippen molar-refractivity contribution in [1.29, 1.82) is 0 Å². The summed E-state index contributed by atoms with van der Waals surface area (Å²) in [6.45, 7) is -4.12. The van der Waals surface area contributed by atoms with Crippen molar-refractivity contribution in [3.63, 3.8) is 0 Å². The first kappa shape index (κ1) is 22.0. The van der Waals surface area contributed by atoms with Gasteiger partial charge in [0.1, 0.15) is 11.5 Å².